The van der Waals surface area contributed by atoms with E-state index in [1.54, 1.807) is 12.2 Å². The van der Waals surface area contributed by atoms with Gasteiger partial charge in [-0.2, -0.15) is 0 Å². The Bertz CT molecular complexity index is 1650. The van der Waals surface area contributed by atoms with Crippen molar-refractivity contribution in [2.75, 3.05) is 199 Å². The van der Waals surface area contributed by atoms with Crippen LogP contribution in [0.25, 0.3) is 0 Å². The van der Waals surface area contributed by atoms with Crippen LogP contribution < -0.4 is 9.47 Å². The van der Waals surface area contributed by atoms with E-state index in [0.717, 1.165) is 37.7 Å². The first-order valence-electron chi connectivity index (χ1n) is 28.3. The molecule has 87 heavy (non-hydrogen) atoms. The molecule has 0 spiro atoms. The molecule has 1 aliphatic rings. The summed E-state index contributed by atoms with van der Waals surface area (Å²) >= 11 is 8.60. The lowest BCUT2D eigenvalue weighted by Crippen LogP contribution is -2.36. The Morgan fingerprint density at radius 3 is 1.28 bits per heavy atom. The quantitative estimate of drug-likeness (QED) is 0.0197. The lowest BCUT2D eigenvalue weighted by Gasteiger charge is -2.21. The van der Waals surface area contributed by atoms with Crippen molar-refractivity contribution < 1.29 is 117 Å². The van der Waals surface area contributed by atoms with Crippen molar-refractivity contribution in [1.82, 2.24) is 4.90 Å². The highest BCUT2D eigenvalue weighted by atomic mass is 80.9. The van der Waals surface area contributed by atoms with E-state index in [4.69, 9.17) is 92.2 Å². The van der Waals surface area contributed by atoms with E-state index in [1.165, 1.54) is 34.9 Å². The molecule has 10 unspecified atom stereocenters. The van der Waals surface area contributed by atoms with E-state index in [0.29, 0.717) is 51.0 Å². The van der Waals surface area contributed by atoms with Gasteiger partial charge in [0, 0.05) is 75.1 Å². The molecule has 0 aromatic heterocycles. The molecule has 2 aromatic carbocycles. The molecule has 0 radical (unpaired) electrons. The molecule has 2 aromatic rings. The minimum absolute atomic E-state index is 0.0292. The standard InChI is InChI=1S/C19H33NO7.C10H21BrO6.C10H20O5.C10H14O.C6H10O2.C4H10O3.Br2/c1-20(8-9-26-18-6-4-3-5-7-18)10-16(22)12-25-13-17(23)14-27-19(11-21)15-24-2;1-15-7-10(3-12)17-6-9(14)5-16-4-8(13)2-11;1-3-4-14-6-9(12)7-15-10(5-11)8-13-2;1-2-3-9-11-10-7-5-4-6-8-10;1-2-3-7-4-6-5-8-6;1-7-3-4(6)2-5;1-2/h3-7,16-17,19,21-23H,8-15H2,1-2H3;8-10,12-14H,2-7H2,1H3;3,9-12H,1,4-8H2,2H3;4-8H,2-3,9H2,1H3;2,6H,1,3-5H2;4-6H,2-3H2,1H3;. The zero-order valence-corrected chi connectivity index (χ0v) is 56.7. The van der Waals surface area contributed by atoms with Gasteiger partial charge in [-0.3, -0.25) is 0 Å². The van der Waals surface area contributed by atoms with Crippen LogP contribution in [0.15, 0.2) is 86.0 Å². The van der Waals surface area contributed by atoms with Crippen LogP contribution >= 0.6 is 44.2 Å². The summed E-state index contributed by atoms with van der Waals surface area (Å²) in [5.41, 5.74) is 0. The number of ether oxygens (including phenoxy) is 14. The summed E-state index contributed by atoms with van der Waals surface area (Å²) in [5, 5.41) is 91.7. The highest BCUT2D eigenvalue weighted by Gasteiger charge is 2.22. The molecule has 1 fully saturated rings. The molecular formula is C59H108Br3NO24. The maximum Gasteiger partial charge on any atom is 0.119 e. The van der Waals surface area contributed by atoms with Crippen molar-refractivity contribution in [3.05, 3.63) is 86.0 Å². The van der Waals surface area contributed by atoms with Gasteiger partial charge in [-0.25, -0.2) is 0 Å². The van der Waals surface area contributed by atoms with Crippen molar-refractivity contribution in [3.63, 3.8) is 0 Å². The molecular weight excluding hydrogens is 1350 g/mol. The van der Waals surface area contributed by atoms with E-state index in [-0.39, 0.29) is 99.1 Å². The predicted octanol–water partition coefficient (Wildman–Crippen LogP) is 2.61. The van der Waals surface area contributed by atoms with Gasteiger partial charge in [-0.1, -0.05) is 77.8 Å². The van der Waals surface area contributed by atoms with Gasteiger partial charge >= 0.3 is 0 Å². The number of benzene rings is 2. The van der Waals surface area contributed by atoms with Gasteiger partial charge in [0.1, 0.15) is 66.9 Å². The van der Waals surface area contributed by atoms with Gasteiger partial charge in [-0.15, -0.1) is 13.2 Å². The highest BCUT2D eigenvalue weighted by molar-refractivity contribution is 9.93. The highest BCUT2D eigenvalue weighted by Crippen LogP contribution is 2.10. The smallest absolute Gasteiger partial charge is 0.119 e. The number of hydrogen-bond acceptors (Lipinski definition) is 25. The molecule has 25 nitrogen and oxygen atoms in total. The predicted molar refractivity (Wildman–Crippen MR) is 342 cm³/mol. The molecule has 3 rings (SSSR count). The Labute approximate surface area is 541 Å². The average molecular weight is 1460 g/mol. The first-order valence-corrected chi connectivity index (χ1v) is 33.1. The van der Waals surface area contributed by atoms with Crippen molar-refractivity contribution in [1.29, 1.82) is 0 Å². The van der Waals surface area contributed by atoms with Gasteiger partial charge in [0.2, 0.25) is 0 Å². The monoisotopic (exact) mass is 1450 g/mol. The van der Waals surface area contributed by atoms with Gasteiger partial charge in [-0.05, 0) is 37.7 Å². The van der Waals surface area contributed by atoms with E-state index < -0.39 is 54.9 Å². The van der Waals surface area contributed by atoms with Crippen LogP contribution in [0.4, 0.5) is 0 Å². The second-order valence-corrected chi connectivity index (χ2v) is 19.3. The fourth-order valence-corrected chi connectivity index (χ4v) is 5.99. The number of likely N-dealkylation sites (N-methyl/N-ethyl adjacent to an activating group) is 1. The normalized spacial score (nSPS) is 15.2. The molecule has 10 N–H and O–H groups in total. The van der Waals surface area contributed by atoms with Crippen LogP contribution in [0.1, 0.15) is 19.8 Å². The Morgan fingerprint density at radius 2 is 0.920 bits per heavy atom. The van der Waals surface area contributed by atoms with Gasteiger partial charge in [0.05, 0.1) is 151 Å². The van der Waals surface area contributed by atoms with Crippen LogP contribution in [-0.4, -0.2) is 316 Å². The van der Waals surface area contributed by atoms with E-state index in [9.17, 15) is 20.4 Å². The molecule has 0 aliphatic carbocycles. The Hall–Kier alpha value is -1.96. The van der Waals surface area contributed by atoms with Gasteiger partial charge in [0.15, 0.2) is 0 Å². The average Bonchev–Trinajstić information content (AvgIpc) is 4.50. The van der Waals surface area contributed by atoms with Crippen LogP contribution in [0, 0.1) is 0 Å². The molecule has 10 atom stereocenters. The van der Waals surface area contributed by atoms with E-state index >= 15 is 0 Å². The molecule has 1 aliphatic heterocycles. The molecule has 0 saturated carbocycles. The Kier molecular flexibility index (Phi) is 75.1. The number of methoxy groups -OCH3 is 4. The fourth-order valence-electron chi connectivity index (χ4n) is 5.80. The van der Waals surface area contributed by atoms with Crippen LogP contribution in [0.2, 0.25) is 0 Å². The summed E-state index contributed by atoms with van der Waals surface area (Å²) in [6.07, 6.45) is 0.451. The molecule has 514 valence electrons. The number of aliphatic hydroxyl groups is 10. The summed E-state index contributed by atoms with van der Waals surface area (Å²) in [4.78, 5) is 1.95. The third kappa shape index (κ3) is 68.2. The zero-order chi connectivity index (χ0) is 66.0. The van der Waals surface area contributed by atoms with E-state index in [1.807, 2.05) is 72.6 Å². The number of hydrogen-bond donors (Lipinski definition) is 10. The first kappa shape index (κ1) is 91.5. The maximum atomic E-state index is 10.0. The van der Waals surface area contributed by atoms with Crippen molar-refractivity contribution in [2.24, 2.45) is 0 Å². The second-order valence-electron chi connectivity index (χ2n) is 18.6. The van der Waals surface area contributed by atoms with E-state index in [2.05, 4.69) is 69.0 Å². The molecule has 0 bridgehead atoms. The Balaban J connectivity index is -0.000000500. The largest absolute Gasteiger partial charge is 0.494 e. The zero-order valence-electron chi connectivity index (χ0n) is 52.0. The number of nitrogens with zero attached hydrogens (tertiary/aromatic N) is 1. The minimum atomic E-state index is -0.833. The third-order valence-electron chi connectivity index (χ3n) is 10.2. The Morgan fingerprint density at radius 1 is 0.529 bits per heavy atom. The van der Waals surface area contributed by atoms with Crippen LogP contribution in [0.3, 0.4) is 0 Å². The lowest BCUT2D eigenvalue weighted by atomic mass is 10.3. The topological polar surface area (TPSA) is 338 Å². The minimum Gasteiger partial charge on any atom is -0.494 e. The summed E-state index contributed by atoms with van der Waals surface area (Å²) in [5.74, 6) is 1.79. The number of epoxide rings is 1. The lowest BCUT2D eigenvalue weighted by molar-refractivity contribution is -0.0838. The van der Waals surface area contributed by atoms with Gasteiger partial charge < -0.3 is 122 Å². The van der Waals surface area contributed by atoms with Crippen LogP contribution in [0.5, 0.6) is 11.5 Å². The number of unbranched alkanes of at least 4 members (excludes halogenated alkanes) is 1. The number of halogens is 3. The summed E-state index contributed by atoms with van der Waals surface area (Å²) in [6, 6.07) is 19.5. The van der Waals surface area contributed by atoms with Crippen molar-refractivity contribution >= 4 is 44.2 Å². The van der Waals surface area contributed by atoms with Crippen molar-refractivity contribution in [2.45, 2.75) is 80.8 Å². The summed E-state index contributed by atoms with van der Waals surface area (Å²) < 4.78 is 71.1. The number of rotatable bonds is 48. The summed E-state index contributed by atoms with van der Waals surface area (Å²) in [6.45, 7) is 15.4. The SMILES string of the molecule is BrBr.C=CCOCC(O)COC(CO)COC.C=CCOCC1CO1.CCCCOc1ccccc1.COCC(CO)OCC(O)COCC(O)CBr.COCC(CO)OCC(O)COCC(O)CN(C)CCOc1ccccc1.COCC(O)CO. The molecule has 28 heteroatoms. The maximum absolute atomic E-state index is 10.0. The molecule has 1 saturated heterocycles. The van der Waals surface area contributed by atoms with Crippen LogP contribution in [-0.2, 0) is 56.8 Å². The van der Waals surface area contributed by atoms with Gasteiger partial charge in [0.25, 0.3) is 0 Å². The second kappa shape index (κ2) is 71.5. The molecule has 1 heterocycles. The fraction of sp³-hybridized carbons (Fsp3) is 0.729. The summed E-state index contributed by atoms with van der Waals surface area (Å²) in [7, 11) is 7.91. The number of para-hydroxylation sites is 2. The number of alkyl halides is 1. The van der Waals surface area contributed by atoms with Crippen molar-refractivity contribution in [3.8, 4) is 11.5 Å². The third-order valence-corrected chi connectivity index (χ3v) is 11.0. The molecule has 0 amide bonds. The first-order chi connectivity index (χ1) is 42.1. The number of aliphatic hydroxyl groups excluding tert-OH is 10.